The summed E-state index contributed by atoms with van der Waals surface area (Å²) in [5.74, 6) is -10.2. The number of likely N-dealkylation sites (tertiary alicyclic amines) is 2. The highest BCUT2D eigenvalue weighted by Crippen LogP contribution is 2.24. The van der Waals surface area contributed by atoms with Gasteiger partial charge in [0.05, 0.1) is 12.6 Å². The molecule has 2 aromatic carbocycles. The number of carbonyl (C=O) groups excluding carboxylic acids is 13. The number of rotatable bonds is 42. The van der Waals surface area contributed by atoms with Crippen molar-refractivity contribution in [2.24, 2.45) is 51.0 Å². The van der Waals surface area contributed by atoms with Gasteiger partial charge in [-0.2, -0.15) is 11.8 Å². The molecule has 4 rings (SSSR count). The molecule has 2 saturated heterocycles. The fourth-order valence-electron chi connectivity index (χ4n) is 11.0. The van der Waals surface area contributed by atoms with Crippen molar-refractivity contribution in [2.45, 2.75) is 183 Å². The number of unbranched alkanes of at least 4 members (excludes halogenated alkanes) is 1. The van der Waals surface area contributed by atoms with Crippen LogP contribution in [0.15, 0.2) is 59.6 Å². The normalized spacial score (nSPS) is 16.8. The van der Waals surface area contributed by atoms with Gasteiger partial charge in [0.15, 0.2) is 5.96 Å². The number of primary amides is 3. The van der Waals surface area contributed by atoms with E-state index in [1.807, 2.05) is 20.1 Å². The number of guanidine groups is 1. The van der Waals surface area contributed by atoms with Gasteiger partial charge in [-0.1, -0.05) is 56.3 Å². The van der Waals surface area contributed by atoms with Crippen LogP contribution in [0, 0.1) is 5.92 Å². The Kier molecular flexibility index (Phi) is 33.9. The second-order valence-electron chi connectivity index (χ2n) is 24.3. The van der Waals surface area contributed by atoms with Crippen molar-refractivity contribution >= 4 is 94.5 Å². The Balaban J connectivity index is 1.58. The second kappa shape index (κ2) is 41.0. The van der Waals surface area contributed by atoms with Gasteiger partial charge in [0.25, 0.3) is 0 Å². The molecule has 13 amide bonds. The van der Waals surface area contributed by atoms with Crippen LogP contribution in [0.3, 0.4) is 0 Å². The molecule has 0 saturated carbocycles. The second-order valence-corrected chi connectivity index (χ2v) is 25.3. The van der Waals surface area contributed by atoms with Crippen molar-refractivity contribution in [2.75, 3.05) is 44.7 Å². The van der Waals surface area contributed by atoms with Crippen LogP contribution in [0.2, 0.25) is 0 Å². The highest BCUT2D eigenvalue weighted by Gasteiger charge is 2.42. The number of carbonyl (C=O) groups is 13. The zero-order valence-electron chi connectivity index (χ0n) is 54.9. The Morgan fingerprint density at radius 1 is 0.562 bits per heavy atom. The van der Waals surface area contributed by atoms with Crippen LogP contribution in [0.4, 0.5) is 0 Å². The van der Waals surface area contributed by atoms with Crippen LogP contribution >= 0.6 is 11.8 Å². The molecule has 530 valence electrons. The first-order valence-electron chi connectivity index (χ1n) is 32.3. The molecule has 2 fully saturated rings. The highest BCUT2D eigenvalue weighted by molar-refractivity contribution is 7.98. The molecule has 0 unspecified atom stereocenters. The Morgan fingerprint density at radius 2 is 1.06 bits per heavy atom. The fourth-order valence-corrected chi connectivity index (χ4v) is 11.5. The van der Waals surface area contributed by atoms with E-state index in [2.05, 4.69) is 47.5 Å². The maximum Gasteiger partial charge on any atom is 0.245 e. The van der Waals surface area contributed by atoms with E-state index in [4.69, 9.17) is 40.1 Å². The minimum absolute atomic E-state index is 0.0642. The maximum absolute atomic E-state index is 14.7. The van der Waals surface area contributed by atoms with E-state index >= 15 is 0 Å². The number of aliphatic imine (C=N–C) groups is 1. The Morgan fingerprint density at radius 3 is 1.59 bits per heavy atom. The number of phenolic OH excluding ortho intramolecular Hbond substituents is 1. The Bertz CT molecular complexity index is 3010. The number of nitrogens with one attached hydrogen (secondary N) is 8. The summed E-state index contributed by atoms with van der Waals surface area (Å²) in [6.07, 6.45) is 2.80. The van der Waals surface area contributed by atoms with Crippen LogP contribution in [-0.2, 0) is 75.2 Å². The molecule has 2 aromatic rings. The van der Waals surface area contributed by atoms with Gasteiger partial charge in [0.1, 0.15) is 60.1 Å². The van der Waals surface area contributed by atoms with Gasteiger partial charge in [0.2, 0.25) is 76.8 Å². The van der Waals surface area contributed by atoms with Gasteiger partial charge in [-0.05, 0) is 131 Å². The van der Waals surface area contributed by atoms with Crippen molar-refractivity contribution in [1.82, 2.24) is 52.3 Å². The molecule has 0 aliphatic carbocycles. The number of benzene rings is 2. The van der Waals surface area contributed by atoms with E-state index < -0.39 is 169 Å². The molecule has 0 spiro atoms. The molecule has 10 atom stereocenters. The molecule has 2 aliphatic rings. The number of aromatic hydroxyl groups is 1. The summed E-state index contributed by atoms with van der Waals surface area (Å²) < 4.78 is 0. The third-order valence-corrected chi connectivity index (χ3v) is 16.8. The zero-order chi connectivity index (χ0) is 71.0. The largest absolute Gasteiger partial charge is 0.508 e. The Labute approximate surface area is 562 Å². The van der Waals surface area contributed by atoms with Crippen LogP contribution in [0.25, 0.3) is 0 Å². The molecule has 0 bridgehead atoms. The first kappa shape index (κ1) is 79.3. The number of hydrogen-bond acceptors (Lipinski definition) is 18. The van der Waals surface area contributed by atoms with Crippen molar-refractivity contribution in [3.8, 4) is 5.75 Å². The predicted octanol–water partition coefficient (Wildman–Crippen LogP) is -4.01. The number of thioether (sulfide) groups is 1. The standard InChI is InChI=1S/C63H98N18O14S/c1-36(2)32-45(57(90)74-41(53(68)86)26-31-96-3)73-52(85)35-72-54(87)46(34-38-18-20-39(82)21-19-38)78-58(91)47(33-37-12-5-4-6-13-37)79-56(89)42(22-24-50(66)83)75-55(88)43(23-25-51(67)84)76-59(92)49-17-11-30-81(49)62(95)44(15-7-8-27-64)77-60(93)48-16-10-29-80(48)61(94)40(65)14-9-28-71-63(69)70/h4-6,12-13,18-21,36,40-49,82H,7-11,14-17,22-35,64-65H2,1-3H3,(H2,66,83)(H2,67,84)(H2,68,86)(H,72,87)(H,73,85)(H,74,90)(H,75,88)(H,76,92)(H,77,93)(H,78,91)(H,79,89)(H4,69,70,71)/t40-,41-,42-,43-,44-,45-,46-,47-,48-,49-/m0/s1. The van der Waals surface area contributed by atoms with Crippen LogP contribution in [0.1, 0.15) is 121 Å². The Hall–Kier alpha value is -9.11. The quantitative estimate of drug-likeness (QED) is 0.0171. The lowest BCUT2D eigenvalue weighted by Gasteiger charge is -2.32. The summed E-state index contributed by atoms with van der Waals surface area (Å²) in [5, 5.41) is 31.0. The zero-order valence-corrected chi connectivity index (χ0v) is 55.7. The van der Waals surface area contributed by atoms with Crippen LogP contribution in [-0.4, -0.2) is 203 Å². The third-order valence-electron chi connectivity index (χ3n) is 16.1. The minimum atomic E-state index is -1.67. The number of amides is 13. The van der Waals surface area contributed by atoms with Gasteiger partial charge in [-0.15, -0.1) is 0 Å². The monoisotopic (exact) mass is 1360 g/mol. The van der Waals surface area contributed by atoms with E-state index in [0.29, 0.717) is 55.4 Å². The van der Waals surface area contributed by atoms with E-state index in [1.54, 1.807) is 30.3 Å². The SMILES string of the molecule is CSCC[C@H](NC(=O)[C@H](CC(C)C)NC(=O)CNC(=O)[C@H](Cc1ccc(O)cc1)NC(=O)[C@H](Cc1ccccc1)NC(=O)[C@H](CCC(N)=O)NC(=O)[C@H](CCC(N)=O)NC(=O)[C@@H]1CCCN1C(=O)[C@H](CCCCN)NC(=O)[C@@H]1CCCN1C(=O)[C@@H](N)CCCN=C(N)N)C(N)=O. The van der Waals surface area contributed by atoms with Gasteiger partial charge in [-0.3, -0.25) is 67.3 Å². The number of nitrogens with zero attached hydrogens (tertiary/aromatic N) is 3. The molecule has 0 radical (unpaired) electrons. The molecule has 0 aromatic heterocycles. The topological polar surface area (TPSA) is 539 Å². The lowest BCUT2D eigenvalue weighted by Crippen LogP contribution is -2.60. The molecule has 96 heavy (non-hydrogen) atoms. The molecular weight excluding hydrogens is 1260 g/mol. The van der Waals surface area contributed by atoms with Crippen LogP contribution < -0.4 is 82.7 Å². The summed E-state index contributed by atoms with van der Waals surface area (Å²) in [7, 11) is 0. The van der Waals surface area contributed by atoms with Crippen molar-refractivity contribution in [1.29, 1.82) is 0 Å². The predicted molar refractivity (Wildman–Crippen MR) is 357 cm³/mol. The van der Waals surface area contributed by atoms with Gasteiger partial charge in [-0.25, -0.2) is 0 Å². The van der Waals surface area contributed by atoms with E-state index in [0.717, 1.165) is 0 Å². The van der Waals surface area contributed by atoms with Gasteiger partial charge < -0.3 is 97.6 Å². The summed E-state index contributed by atoms with van der Waals surface area (Å²) in [4.78, 5) is 185. The molecular formula is C63H98N18O14S. The van der Waals surface area contributed by atoms with Crippen molar-refractivity contribution in [3.63, 3.8) is 0 Å². The molecule has 32 nitrogen and oxygen atoms in total. The minimum Gasteiger partial charge on any atom is -0.508 e. The van der Waals surface area contributed by atoms with Crippen molar-refractivity contribution in [3.05, 3.63) is 65.7 Å². The highest BCUT2D eigenvalue weighted by atomic mass is 32.2. The lowest BCUT2D eigenvalue weighted by molar-refractivity contribution is -0.144. The van der Waals surface area contributed by atoms with E-state index in [-0.39, 0.29) is 88.8 Å². The smallest absolute Gasteiger partial charge is 0.245 e. The molecule has 23 N–H and O–H groups in total. The maximum atomic E-state index is 14.7. The van der Waals surface area contributed by atoms with Crippen molar-refractivity contribution < 1.29 is 67.4 Å². The first-order chi connectivity index (χ1) is 45.6. The average molecular weight is 1360 g/mol. The fraction of sp³-hybridized carbons (Fsp3) is 0.587. The summed E-state index contributed by atoms with van der Waals surface area (Å²) in [5.41, 5.74) is 40.4. The number of hydrogen-bond donors (Lipinski definition) is 16. The van der Waals surface area contributed by atoms with Gasteiger partial charge in [0, 0.05) is 45.3 Å². The molecule has 33 heteroatoms. The van der Waals surface area contributed by atoms with Crippen LogP contribution in [0.5, 0.6) is 5.75 Å². The third kappa shape index (κ3) is 27.3. The summed E-state index contributed by atoms with van der Waals surface area (Å²) in [6, 6.07) is 1.28. The summed E-state index contributed by atoms with van der Waals surface area (Å²) in [6.45, 7) is 3.77. The average Bonchev–Trinajstić information content (AvgIpc) is 1.63. The number of nitrogens with two attached hydrogens (primary N) is 7. The number of phenols is 1. The van der Waals surface area contributed by atoms with Gasteiger partial charge >= 0.3 is 0 Å². The van der Waals surface area contributed by atoms with E-state index in [9.17, 15) is 67.4 Å². The lowest BCUT2D eigenvalue weighted by atomic mass is 10.0. The molecule has 2 aliphatic heterocycles. The summed E-state index contributed by atoms with van der Waals surface area (Å²) >= 11 is 1.44. The molecule has 2 heterocycles. The van der Waals surface area contributed by atoms with E-state index in [1.165, 1.54) is 45.8 Å². The first-order valence-corrected chi connectivity index (χ1v) is 33.7.